The molecule has 0 spiro atoms. The van der Waals surface area contributed by atoms with Gasteiger partial charge >= 0.3 is 0 Å². The van der Waals surface area contributed by atoms with Crippen LogP contribution in [0.2, 0.25) is 0 Å². The Bertz CT molecular complexity index is 1040. The van der Waals surface area contributed by atoms with E-state index in [1.54, 1.807) is 6.33 Å². The standard InChI is InChI=1S/C19H18N4O/c1-11-8-12(2)18(13(3)9-11)23-19(20-10-21-23)15-6-5-7-16-17(15)22-14(4)24-16/h5-10H,1-4H3. The Balaban J connectivity index is 1.99. The molecule has 4 aromatic rings. The van der Waals surface area contributed by atoms with Crippen LogP contribution in [0.25, 0.3) is 28.2 Å². The van der Waals surface area contributed by atoms with Crippen molar-refractivity contribution >= 4 is 11.1 Å². The third-order valence-corrected chi connectivity index (χ3v) is 4.16. The van der Waals surface area contributed by atoms with Gasteiger partial charge < -0.3 is 4.42 Å². The van der Waals surface area contributed by atoms with E-state index in [2.05, 4.69) is 48.0 Å². The number of para-hydroxylation sites is 1. The number of nitrogens with zero attached hydrogens (tertiary/aromatic N) is 4. The molecule has 2 aromatic heterocycles. The molecule has 5 heteroatoms. The maximum absolute atomic E-state index is 5.65. The molecule has 0 fully saturated rings. The number of aryl methyl sites for hydroxylation is 4. The minimum atomic E-state index is 0.645. The van der Waals surface area contributed by atoms with Gasteiger partial charge in [0.2, 0.25) is 0 Å². The first kappa shape index (κ1) is 14.6. The molecule has 0 N–H and O–H groups in total. The average Bonchev–Trinajstić information content (AvgIpc) is 3.11. The molecule has 0 amide bonds. The minimum Gasteiger partial charge on any atom is -0.441 e. The van der Waals surface area contributed by atoms with Crippen molar-refractivity contribution in [3.63, 3.8) is 0 Å². The van der Waals surface area contributed by atoms with Gasteiger partial charge in [0.15, 0.2) is 17.3 Å². The fraction of sp³-hybridized carbons (Fsp3) is 0.211. The highest BCUT2D eigenvalue weighted by Crippen LogP contribution is 2.30. The zero-order valence-corrected chi connectivity index (χ0v) is 14.2. The van der Waals surface area contributed by atoms with Crippen molar-refractivity contribution in [3.05, 3.63) is 59.2 Å². The number of hydrogen-bond donors (Lipinski definition) is 0. The number of aromatic nitrogens is 4. The Hall–Kier alpha value is -2.95. The molecule has 0 aliphatic rings. The number of fused-ring (bicyclic) bond motifs is 1. The molecule has 0 atom stereocenters. The second-order valence-electron chi connectivity index (χ2n) is 6.13. The Morgan fingerprint density at radius 1 is 1.00 bits per heavy atom. The van der Waals surface area contributed by atoms with E-state index in [0.29, 0.717) is 5.89 Å². The fourth-order valence-electron chi connectivity index (χ4n) is 3.34. The lowest BCUT2D eigenvalue weighted by Gasteiger charge is -2.13. The van der Waals surface area contributed by atoms with Crippen LogP contribution in [0.1, 0.15) is 22.6 Å². The van der Waals surface area contributed by atoms with E-state index in [9.17, 15) is 0 Å². The third kappa shape index (κ3) is 2.21. The molecule has 0 saturated carbocycles. The molecular weight excluding hydrogens is 300 g/mol. The molecule has 0 aliphatic heterocycles. The molecule has 0 unspecified atom stereocenters. The molecule has 0 aliphatic carbocycles. The number of hydrogen-bond acceptors (Lipinski definition) is 4. The average molecular weight is 318 g/mol. The van der Waals surface area contributed by atoms with E-state index in [1.165, 1.54) is 16.7 Å². The highest BCUT2D eigenvalue weighted by Gasteiger charge is 2.17. The molecule has 24 heavy (non-hydrogen) atoms. The molecule has 2 heterocycles. The van der Waals surface area contributed by atoms with E-state index < -0.39 is 0 Å². The van der Waals surface area contributed by atoms with Crippen LogP contribution >= 0.6 is 0 Å². The lowest BCUT2D eigenvalue weighted by molar-refractivity contribution is 0.561. The van der Waals surface area contributed by atoms with Crippen LogP contribution in [0.5, 0.6) is 0 Å². The monoisotopic (exact) mass is 318 g/mol. The van der Waals surface area contributed by atoms with Crippen molar-refractivity contribution in [2.75, 3.05) is 0 Å². The summed E-state index contributed by atoms with van der Waals surface area (Å²) < 4.78 is 7.54. The Morgan fingerprint density at radius 3 is 2.50 bits per heavy atom. The van der Waals surface area contributed by atoms with Crippen molar-refractivity contribution in [1.29, 1.82) is 0 Å². The zero-order chi connectivity index (χ0) is 16.8. The predicted molar refractivity (Wildman–Crippen MR) is 93.3 cm³/mol. The number of benzene rings is 2. The van der Waals surface area contributed by atoms with Gasteiger partial charge in [-0.1, -0.05) is 23.8 Å². The molecule has 2 aromatic carbocycles. The number of oxazole rings is 1. The molecular formula is C19H18N4O. The summed E-state index contributed by atoms with van der Waals surface area (Å²) in [5.74, 6) is 1.41. The highest BCUT2D eigenvalue weighted by molar-refractivity contribution is 5.89. The normalized spacial score (nSPS) is 11.3. The van der Waals surface area contributed by atoms with Gasteiger partial charge in [-0.2, -0.15) is 5.10 Å². The van der Waals surface area contributed by atoms with E-state index in [-0.39, 0.29) is 0 Å². The van der Waals surface area contributed by atoms with Crippen LogP contribution in [0.4, 0.5) is 0 Å². The third-order valence-electron chi connectivity index (χ3n) is 4.16. The Labute approximate surface area is 140 Å². The van der Waals surface area contributed by atoms with Gasteiger partial charge in [0, 0.05) is 12.5 Å². The van der Waals surface area contributed by atoms with Gasteiger partial charge in [-0.05, 0) is 44.0 Å². The van der Waals surface area contributed by atoms with Crippen LogP contribution in [-0.2, 0) is 0 Å². The first-order valence-electron chi connectivity index (χ1n) is 7.89. The first-order valence-corrected chi connectivity index (χ1v) is 7.89. The van der Waals surface area contributed by atoms with Crippen LogP contribution in [0.15, 0.2) is 41.1 Å². The predicted octanol–water partition coefficient (Wildman–Crippen LogP) is 4.31. The zero-order valence-electron chi connectivity index (χ0n) is 14.2. The second-order valence-corrected chi connectivity index (χ2v) is 6.13. The topological polar surface area (TPSA) is 56.7 Å². The maximum atomic E-state index is 5.65. The van der Waals surface area contributed by atoms with E-state index in [1.807, 2.05) is 29.8 Å². The molecule has 0 saturated heterocycles. The summed E-state index contributed by atoms with van der Waals surface area (Å²) in [7, 11) is 0. The van der Waals surface area contributed by atoms with Gasteiger partial charge in [-0.15, -0.1) is 0 Å². The smallest absolute Gasteiger partial charge is 0.192 e. The summed E-state index contributed by atoms with van der Waals surface area (Å²) in [4.78, 5) is 9.01. The van der Waals surface area contributed by atoms with Gasteiger partial charge in [0.1, 0.15) is 11.8 Å². The molecule has 0 bridgehead atoms. The summed E-state index contributed by atoms with van der Waals surface area (Å²) in [6.45, 7) is 8.15. The van der Waals surface area contributed by atoms with Crippen molar-refractivity contribution in [1.82, 2.24) is 19.7 Å². The maximum Gasteiger partial charge on any atom is 0.192 e. The minimum absolute atomic E-state index is 0.645. The van der Waals surface area contributed by atoms with Crippen LogP contribution < -0.4 is 0 Å². The quantitative estimate of drug-likeness (QED) is 0.552. The van der Waals surface area contributed by atoms with Crippen LogP contribution in [-0.4, -0.2) is 19.7 Å². The van der Waals surface area contributed by atoms with Gasteiger partial charge in [0.25, 0.3) is 0 Å². The molecule has 4 rings (SSSR count). The van der Waals surface area contributed by atoms with Gasteiger partial charge in [-0.25, -0.2) is 14.6 Å². The van der Waals surface area contributed by atoms with Crippen molar-refractivity contribution in [2.24, 2.45) is 0 Å². The van der Waals surface area contributed by atoms with E-state index in [4.69, 9.17) is 4.42 Å². The molecule has 0 radical (unpaired) electrons. The van der Waals surface area contributed by atoms with Crippen LogP contribution in [0.3, 0.4) is 0 Å². The first-order chi connectivity index (χ1) is 11.5. The van der Waals surface area contributed by atoms with Crippen molar-refractivity contribution in [3.8, 4) is 17.1 Å². The van der Waals surface area contributed by atoms with Gasteiger partial charge in [0.05, 0.1) is 5.69 Å². The molecule has 5 nitrogen and oxygen atoms in total. The lowest BCUT2D eigenvalue weighted by Crippen LogP contribution is -2.05. The molecule has 120 valence electrons. The van der Waals surface area contributed by atoms with Gasteiger partial charge in [-0.3, -0.25) is 0 Å². The van der Waals surface area contributed by atoms with Crippen molar-refractivity contribution in [2.45, 2.75) is 27.7 Å². The van der Waals surface area contributed by atoms with E-state index >= 15 is 0 Å². The summed E-state index contributed by atoms with van der Waals surface area (Å²) in [6, 6.07) is 10.2. The second kappa shape index (κ2) is 5.30. The summed E-state index contributed by atoms with van der Waals surface area (Å²) in [5.41, 5.74) is 7.13. The Morgan fingerprint density at radius 2 is 1.75 bits per heavy atom. The lowest BCUT2D eigenvalue weighted by atomic mass is 10.0. The van der Waals surface area contributed by atoms with Crippen LogP contribution in [0, 0.1) is 27.7 Å². The van der Waals surface area contributed by atoms with E-state index in [0.717, 1.165) is 28.2 Å². The fourth-order valence-corrected chi connectivity index (χ4v) is 3.34. The number of rotatable bonds is 2. The summed E-state index contributed by atoms with van der Waals surface area (Å²) in [5, 5.41) is 4.47. The Kier molecular flexibility index (Phi) is 3.23. The SMILES string of the molecule is Cc1cc(C)c(-n2ncnc2-c2cccc3oc(C)nc23)c(C)c1. The summed E-state index contributed by atoms with van der Waals surface area (Å²) in [6.07, 6.45) is 1.58. The largest absolute Gasteiger partial charge is 0.441 e. The summed E-state index contributed by atoms with van der Waals surface area (Å²) >= 11 is 0. The highest BCUT2D eigenvalue weighted by atomic mass is 16.3. The van der Waals surface area contributed by atoms with Crippen molar-refractivity contribution < 1.29 is 4.42 Å².